The third-order valence-electron chi connectivity index (χ3n) is 9.29. The fourth-order valence-electron chi connectivity index (χ4n) is 7.40. The summed E-state index contributed by atoms with van der Waals surface area (Å²) in [7, 11) is 0. The average molecular weight is 690 g/mol. The van der Waals surface area contributed by atoms with Gasteiger partial charge >= 0.3 is 266 Å². The van der Waals surface area contributed by atoms with Gasteiger partial charge in [-0.15, -0.1) is 0 Å². The molecule has 0 spiro atoms. The number of rotatable bonds is 5. The molecule has 0 aliphatic heterocycles. The van der Waals surface area contributed by atoms with Gasteiger partial charge in [0.1, 0.15) is 0 Å². The smallest absolute Gasteiger partial charge is 1.00 e. The van der Waals surface area contributed by atoms with Crippen molar-refractivity contribution in [3.8, 4) is 11.1 Å². The maximum atomic E-state index is 2.55. The molecule has 44 heavy (non-hydrogen) atoms. The second kappa shape index (κ2) is 13.2. The normalized spacial score (nSPS) is 14.2. The van der Waals surface area contributed by atoms with Gasteiger partial charge in [0.05, 0.1) is 0 Å². The van der Waals surface area contributed by atoms with Crippen LogP contribution in [0.3, 0.4) is 0 Å². The molecular formula is C41H35Cl2Zr. The molecule has 0 saturated heterocycles. The van der Waals surface area contributed by atoms with Crippen molar-refractivity contribution in [1.29, 1.82) is 0 Å². The number of allylic oxidation sites excluding steroid dienone is 2. The zero-order chi connectivity index (χ0) is 29.0. The zero-order valence-corrected chi connectivity index (χ0v) is 29.6. The van der Waals surface area contributed by atoms with Crippen LogP contribution in [0.25, 0.3) is 25.6 Å². The summed E-state index contributed by atoms with van der Waals surface area (Å²) in [5, 5.41) is 2.85. The summed E-state index contributed by atoms with van der Waals surface area (Å²) in [6, 6.07) is 38.6. The van der Waals surface area contributed by atoms with Crippen molar-refractivity contribution in [2.75, 3.05) is 0 Å². The fourth-order valence-corrected chi connectivity index (χ4v) is 8.57. The van der Waals surface area contributed by atoms with E-state index < -0.39 is 0 Å². The van der Waals surface area contributed by atoms with Crippen LogP contribution in [0.5, 0.6) is 0 Å². The molecule has 2 aliphatic carbocycles. The predicted octanol–water partition coefficient (Wildman–Crippen LogP) is 2.61. The minimum absolute atomic E-state index is 0. The number of halogens is 2. The van der Waals surface area contributed by atoms with E-state index in [0.29, 0.717) is 0 Å². The van der Waals surface area contributed by atoms with E-state index in [1.807, 2.05) is 0 Å². The first-order chi connectivity index (χ1) is 20.5. The van der Waals surface area contributed by atoms with E-state index >= 15 is 0 Å². The molecule has 1 unspecified atom stereocenters. The van der Waals surface area contributed by atoms with Crippen LogP contribution >= 0.6 is 0 Å². The first-order valence-corrected chi connectivity index (χ1v) is 16.4. The quantitative estimate of drug-likeness (QED) is 0.267. The monoisotopic (exact) mass is 687 g/mol. The molecular weight excluding hydrogens is 655 g/mol. The van der Waals surface area contributed by atoms with Crippen molar-refractivity contribution in [1.82, 2.24) is 0 Å². The Kier molecular flexibility index (Phi) is 9.72. The van der Waals surface area contributed by atoms with Crippen molar-refractivity contribution in [3.63, 3.8) is 0 Å². The van der Waals surface area contributed by atoms with Crippen LogP contribution in [0.4, 0.5) is 0 Å². The molecule has 3 heteroatoms. The van der Waals surface area contributed by atoms with Gasteiger partial charge in [-0.2, -0.15) is 0 Å². The third-order valence-corrected chi connectivity index (χ3v) is 10.6. The SMILES string of the molecule is CCc1ccc2c(c1)[C]([Zr+2])=c1c-2cc(=C(c2ccccc2)c2ccccc2)c(CC)c1C1C=C(C)c2c(C)cccc21.[Cl-].[Cl-]. The molecule has 0 saturated carbocycles. The Morgan fingerprint density at radius 1 is 0.682 bits per heavy atom. The summed E-state index contributed by atoms with van der Waals surface area (Å²) >= 11 is 1.48. The van der Waals surface area contributed by atoms with Crippen LogP contribution in [0.15, 0.2) is 109 Å². The van der Waals surface area contributed by atoms with Gasteiger partial charge < -0.3 is 24.8 Å². The molecule has 2 aliphatic rings. The summed E-state index contributed by atoms with van der Waals surface area (Å²) in [5.41, 5.74) is 18.2. The van der Waals surface area contributed by atoms with Crippen LogP contribution < -0.4 is 35.3 Å². The maximum Gasteiger partial charge on any atom is -1.00 e. The summed E-state index contributed by atoms with van der Waals surface area (Å²) in [6.07, 6.45) is 4.58. The minimum Gasteiger partial charge on any atom is -1.00 e. The molecule has 0 radical (unpaired) electrons. The van der Waals surface area contributed by atoms with E-state index in [2.05, 4.69) is 137 Å². The van der Waals surface area contributed by atoms with E-state index in [4.69, 9.17) is 0 Å². The Labute approximate surface area is 289 Å². The standard InChI is InChI=1S/C41H35.2ClH.Zr/c1-5-28-20-21-33-31(23-28)24-37-35(33)25-38(40(29-15-9-7-10-16-29)30-17-11-8-12-18-30)32(6-2)41(37)36-22-27(4)39-26(3)14-13-19-34(36)39;;;/h7-23,25,36H,5-6H2,1-4H3;2*1H;/q;;;+2/p-2. The Morgan fingerprint density at radius 3 is 1.95 bits per heavy atom. The average Bonchev–Trinajstić information content (AvgIpc) is 3.51. The second-order valence-electron chi connectivity index (χ2n) is 11.7. The fraction of sp³-hybridized carbons (Fsp3) is 0.171. The van der Waals surface area contributed by atoms with Crippen LogP contribution in [0, 0.1) is 6.92 Å². The largest absolute Gasteiger partial charge is 1.00 e. The van der Waals surface area contributed by atoms with Gasteiger partial charge in [0.2, 0.25) is 0 Å². The van der Waals surface area contributed by atoms with Crippen molar-refractivity contribution in [2.24, 2.45) is 0 Å². The summed E-state index contributed by atoms with van der Waals surface area (Å²) in [4.78, 5) is 0. The Morgan fingerprint density at radius 2 is 1.34 bits per heavy atom. The molecule has 0 N–H and O–H groups in total. The molecule has 0 amide bonds. The first kappa shape index (κ1) is 32.4. The van der Waals surface area contributed by atoms with Crippen LogP contribution in [-0.4, -0.2) is 0 Å². The molecule has 0 bridgehead atoms. The van der Waals surface area contributed by atoms with E-state index in [-0.39, 0.29) is 30.7 Å². The van der Waals surface area contributed by atoms with E-state index in [1.165, 1.54) is 111 Å². The second-order valence-corrected chi connectivity index (χ2v) is 12.9. The van der Waals surface area contributed by atoms with Crippen LogP contribution in [0.1, 0.15) is 76.8 Å². The van der Waals surface area contributed by atoms with Gasteiger partial charge in [-0.05, 0) is 0 Å². The molecule has 217 valence electrons. The van der Waals surface area contributed by atoms with Gasteiger partial charge in [-0.25, -0.2) is 0 Å². The summed E-state index contributed by atoms with van der Waals surface area (Å²) < 4.78 is 1.51. The number of fused-ring (bicyclic) bond motifs is 4. The predicted molar refractivity (Wildman–Crippen MR) is 174 cm³/mol. The van der Waals surface area contributed by atoms with Crippen LogP contribution in [-0.2, 0) is 37.6 Å². The summed E-state index contributed by atoms with van der Waals surface area (Å²) in [5.74, 6) is 0.242. The van der Waals surface area contributed by atoms with Crippen molar-refractivity contribution in [3.05, 3.63) is 170 Å². The van der Waals surface area contributed by atoms with E-state index in [0.717, 1.165) is 12.8 Å². The molecule has 5 aromatic rings. The topological polar surface area (TPSA) is 0 Å². The molecule has 5 aromatic carbocycles. The van der Waals surface area contributed by atoms with E-state index in [1.54, 1.807) is 0 Å². The van der Waals surface area contributed by atoms with Gasteiger partial charge in [-0.3, -0.25) is 0 Å². The molecule has 7 rings (SSSR count). The number of hydrogen-bond donors (Lipinski definition) is 0. The van der Waals surface area contributed by atoms with Crippen LogP contribution in [0.2, 0.25) is 0 Å². The van der Waals surface area contributed by atoms with Gasteiger partial charge in [0.25, 0.3) is 0 Å². The van der Waals surface area contributed by atoms with Gasteiger partial charge in [0, 0.05) is 0 Å². The summed E-state index contributed by atoms with van der Waals surface area (Å²) in [6.45, 7) is 9.18. The Hall–Kier alpha value is -2.96. The zero-order valence-electron chi connectivity index (χ0n) is 25.6. The van der Waals surface area contributed by atoms with Crippen molar-refractivity contribution < 1.29 is 49.5 Å². The molecule has 1 atom stereocenters. The number of hydrogen-bond acceptors (Lipinski definition) is 0. The molecule has 0 fully saturated rings. The van der Waals surface area contributed by atoms with E-state index in [9.17, 15) is 0 Å². The first-order valence-electron chi connectivity index (χ1n) is 15.2. The molecule has 0 heterocycles. The number of aryl methyl sites for hydroxylation is 2. The maximum absolute atomic E-state index is 2.55. The van der Waals surface area contributed by atoms with Gasteiger partial charge in [0.15, 0.2) is 0 Å². The Balaban J connectivity index is 0.00000192. The third kappa shape index (κ3) is 5.22. The molecule has 0 nitrogen and oxygen atoms in total. The Bertz CT molecular complexity index is 1980. The number of benzene rings is 5. The van der Waals surface area contributed by atoms with Crippen molar-refractivity contribution in [2.45, 2.75) is 46.5 Å². The van der Waals surface area contributed by atoms with Gasteiger partial charge in [-0.1, -0.05) is 0 Å². The molecule has 0 aromatic heterocycles. The minimum atomic E-state index is 0. The van der Waals surface area contributed by atoms with Crippen molar-refractivity contribution >= 4 is 14.4 Å².